The average molecular weight is 566 g/mol. The average Bonchev–Trinajstić information content (AvgIpc) is 3.40. The highest BCUT2D eigenvalue weighted by Crippen LogP contribution is 2.34. The summed E-state index contributed by atoms with van der Waals surface area (Å²) in [6.45, 7) is 10.5. The van der Waals surface area contributed by atoms with Gasteiger partial charge in [-0.15, -0.1) is 0 Å². The van der Waals surface area contributed by atoms with E-state index in [1.807, 2.05) is 79.4 Å². The first-order valence-corrected chi connectivity index (χ1v) is 14.7. The molecule has 1 saturated heterocycles. The van der Waals surface area contributed by atoms with Gasteiger partial charge in [-0.2, -0.15) is 0 Å². The van der Waals surface area contributed by atoms with E-state index in [1.165, 1.54) is 19.1 Å². The van der Waals surface area contributed by atoms with Crippen LogP contribution in [0.25, 0.3) is 28.8 Å². The lowest BCUT2D eigenvalue weighted by molar-refractivity contribution is 0.0708. The molecule has 3 aromatic carbocycles. The number of halogens is 2. The van der Waals surface area contributed by atoms with Gasteiger partial charge in [0, 0.05) is 24.6 Å². The Bertz CT molecular complexity index is 1670. The van der Waals surface area contributed by atoms with E-state index in [4.69, 9.17) is 4.98 Å². The van der Waals surface area contributed by atoms with Crippen LogP contribution in [0.5, 0.6) is 0 Å². The van der Waals surface area contributed by atoms with Crippen LogP contribution in [0.4, 0.5) is 8.78 Å². The zero-order chi connectivity index (χ0) is 29.8. The van der Waals surface area contributed by atoms with Crippen LogP contribution in [0, 0.1) is 5.82 Å². The van der Waals surface area contributed by atoms with Crippen molar-refractivity contribution in [2.24, 2.45) is 0 Å². The topological polar surface area (TPSA) is 38.1 Å². The zero-order valence-electron chi connectivity index (χ0n) is 24.5. The molecule has 216 valence electrons. The van der Waals surface area contributed by atoms with Gasteiger partial charge in [0.1, 0.15) is 11.6 Å². The van der Waals surface area contributed by atoms with Crippen LogP contribution in [-0.4, -0.2) is 33.4 Å². The molecule has 5 rings (SSSR count). The van der Waals surface area contributed by atoms with E-state index in [0.717, 1.165) is 58.4 Å². The van der Waals surface area contributed by atoms with E-state index in [0.29, 0.717) is 24.2 Å². The summed E-state index contributed by atoms with van der Waals surface area (Å²) in [6.07, 6.45) is 8.68. The number of imidazole rings is 1. The highest BCUT2D eigenvalue weighted by Gasteiger charge is 2.29. The van der Waals surface area contributed by atoms with Gasteiger partial charge in [0.05, 0.1) is 11.0 Å². The van der Waals surface area contributed by atoms with Gasteiger partial charge in [-0.3, -0.25) is 9.36 Å². The lowest BCUT2D eigenvalue weighted by atomic mass is 9.90. The largest absolute Gasteiger partial charge is 0.339 e. The monoisotopic (exact) mass is 565 g/mol. The molecule has 1 fully saturated rings. The molecule has 2 heterocycles. The van der Waals surface area contributed by atoms with E-state index < -0.39 is 6.30 Å². The molecule has 0 N–H and O–H groups in total. The molecule has 1 unspecified atom stereocenters. The van der Waals surface area contributed by atoms with Crippen molar-refractivity contribution in [3.63, 3.8) is 0 Å². The number of likely N-dealkylation sites (tertiary alicyclic amines) is 1. The van der Waals surface area contributed by atoms with Crippen LogP contribution in [0.3, 0.4) is 0 Å². The van der Waals surface area contributed by atoms with Gasteiger partial charge in [-0.1, -0.05) is 56.0 Å². The Balaban J connectivity index is 1.39. The summed E-state index contributed by atoms with van der Waals surface area (Å²) < 4.78 is 30.8. The van der Waals surface area contributed by atoms with E-state index in [-0.39, 0.29) is 17.6 Å². The maximum absolute atomic E-state index is 14.7. The summed E-state index contributed by atoms with van der Waals surface area (Å²) in [4.78, 5) is 20.3. The van der Waals surface area contributed by atoms with Crippen LogP contribution >= 0.6 is 0 Å². The van der Waals surface area contributed by atoms with E-state index >= 15 is 0 Å². The number of amides is 1. The number of carbonyl (C=O) groups is 1. The first-order valence-electron chi connectivity index (χ1n) is 14.7. The third-order valence-electron chi connectivity index (χ3n) is 7.94. The molecule has 1 aromatic heterocycles. The summed E-state index contributed by atoms with van der Waals surface area (Å²) in [5.41, 5.74) is 6.43. The molecule has 1 atom stereocenters. The highest BCUT2D eigenvalue weighted by atomic mass is 19.1. The molecule has 0 saturated carbocycles. The number of carbonyl (C=O) groups excluding carboxylic acids is 1. The van der Waals surface area contributed by atoms with Gasteiger partial charge >= 0.3 is 0 Å². The second kappa shape index (κ2) is 12.7. The smallest absolute Gasteiger partial charge is 0.253 e. The molecule has 0 spiro atoms. The Morgan fingerprint density at radius 2 is 1.86 bits per heavy atom. The van der Waals surface area contributed by atoms with Gasteiger partial charge in [0.2, 0.25) is 0 Å². The fraction of sp³-hybridized carbons (Fsp3) is 0.278. The summed E-state index contributed by atoms with van der Waals surface area (Å²) >= 11 is 0. The molecule has 42 heavy (non-hydrogen) atoms. The predicted molar refractivity (Wildman–Crippen MR) is 168 cm³/mol. The third-order valence-corrected chi connectivity index (χ3v) is 7.94. The summed E-state index contributed by atoms with van der Waals surface area (Å²) in [6, 6.07) is 18.3. The van der Waals surface area contributed by atoms with Gasteiger partial charge in [-0.05, 0) is 103 Å². The molecule has 0 bridgehead atoms. The van der Waals surface area contributed by atoms with Crippen molar-refractivity contribution in [2.75, 3.05) is 13.1 Å². The van der Waals surface area contributed by atoms with Crippen molar-refractivity contribution in [1.82, 2.24) is 14.5 Å². The SMILES string of the molecule is C=Cc1cc(F)cc(/C(=C/CC)c2ccc(C(=O)N3CCC(c4nc5ccccc5n4C(C)F)CC3)cc2/C=C/C)c1. The number of para-hydroxylation sites is 2. The fourth-order valence-electron chi connectivity index (χ4n) is 5.98. The number of hydrogen-bond donors (Lipinski definition) is 0. The molecule has 6 heteroatoms. The Morgan fingerprint density at radius 1 is 1.10 bits per heavy atom. The van der Waals surface area contributed by atoms with Crippen LogP contribution in [0.1, 0.15) is 90.7 Å². The molecule has 1 aliphatic rings. The Hall–Kier alpha value is -4.32. The molecular formula is C36H37F2N3O. The van der Waals surface area contributed by atoms with E-state index in [2.05, 4.69) is 12.7 Å². The number of nitrogens with zero attached hydrogens (tertiary/aromatic N) is 3. The van der Waals surface area contributed by atoms with Crippen LogP contribution in [0.2, 0.25) is 0 Å². The second-order valence-electron chi connectivity index (χ2n) is 10.8. The standard InChI is InChI=1S/C36H37F2N3O/c1-5-10-27-22-28(14-15-32(27)31(11-6-2)29-20-25(7-3)21-30(38)23-29)36(42)40-18-16-26(17-19-40)35-39-33-12-8-9-13-34(33)41(35)24(4)37/h5,7-15,20-24,26H,3,6,16-19H2,1-2,4H3/b10-5+,31-11-. The van der Waals surface area contributed by atoms with Gasteiger partial charge < -0.3 is 4.90 Å². The van der Waals surface area contributed by atoms with Gasteiger partial charge in [0.15, 0.2) is 6.30 Å². The first-order chi connectivity index (χ1) is 20.3. The van der Waals surface area contributed by atoms with Crippen LogP contribution in [0.15, 0.2) is 79.4 Å². The van der Waals surface area contributed by atoms with Gasteiger partial charge in [-0.25, -0.2) is 13.8 Å². The molecular weight excluding hydrogens is 528 g/mol. The number of benzene rings is 3. The Labute approximate surface area is 246 Å². The van der Waals surface area contributed by atoms with Crippen molar-refractivity contribution in [3.8, 4) is 0 Å². The zero-order valence-corrected chi connectivity index (χ0v) is 24.5. The van der Waals surface area contributed by atoms with Crippen molar-refractivity contribution < 1.29 is 13.6 Å². The molecule has 1 aliphatic heterocycles. The summed E-state index contributed by atoms with van der Waals surface area (Å²) in [5, 5.41) is 0. The minimum Gasteiger partial charge on any atom is -0.339 e. The normalized spacial score (nSPS) is 15.5. The Kier molecular flexibility index (Phi) is 8.81. The molecule has 0 aliphatic carbocycles. The number of aromatic nitrogens is 2. The number of rotatable bonds is 8. The predicted octanol–water partition coefficient (Wildman–Crippen LogP) is 9.20. The van der Waals surface area contributed by atoms with Crippen molar-refractivity contribution in [1.29, 1.82) is 0 Å². The second-order valence-corrected chi connectivity index (χ2v) is 10.8. The van der Waals surface area contributed by atoms with Crippen molar-refractivity contribution in [3.05, 3.63) is 119 Å². The quantitative estimate of drug-likeness (QED) is 0.214. The maximum Gasteiger partial charge on any atom is 0.253 e. The minimum absolute atomic E-state index is 0.0289. The molecule has 1 amide bonds. The van der Waals surface area contributed by atoms with Crippen molar-refractivity contribution >= 4 is 34.7 Å². The Morgan fingerprint density at radius 3 is 2.55 bits per heavy atom. The van der Waals surface area contributed by atoms with E-state index in [1.54, 1.807) is 10.6 Å². The van der Waals surface area contributed by atoms with Crippen LogP contribution in [-0.2, 0) is 0 Å². The van der Waals surface area contributed by atoms with Crippen LogP contribution < -0.4 is 0 Å². The lowest BCUT2D eigenvalue weighted by Gasteiger charge is -2.32. The highest BCUT2D eigenvalue weighted by molar-refractivity contribution is 5.96. The molecule has 4 nitrogen and oxygen atoms in total. The number of hydrogen-bond acceptors (Lipinski definition) is 2. The number of allylic oxidation sites excluding steroid dienone is 2. The molecule has 0 radical (unpaired) electrons. The minimum atomic E-state index is -1.18. The van der Waals surface area contributed by atoms with Gasteiger partial charge in [0.25, 0.3) is 5.91 Å². The number of fused-ring (bicyclic) bond motifs is 1. The van der Waals surface area contributed by atoms with E-state index in [9.17, 15) is 13.6 Å². The maximum atomic E-state index is 14.7. The molecule has 4 aromatic rings. The number of piperidine rings is 1. The number of alkyl halides is 1. The third kappa shape index (κ3) is 5.85. The summed E-state index contributed by atoms with van der Waals surface area (Å²) in [7, 11) is 0. The fourth-order valence-corrected chi connectivity index (χ4v) is 5.98. The summed E-state index contributed by atoms with van der Waals surface area (Å²) in [5.74, 6) is 0.488. The van der Waals surface area contributed by atoms with Crippen molar-refractivity contribution in [2.45, 2.75) is 52.2 Å². The first kappa shape index (κ1) is 29.2. The lowest BCUT2D eigenvalue weighted by Crippen LogP contribution is -2.38.